The monoisotopic (exact) mass is 328 g/mol. The molecule has 0 heterocycles. The first-order valence-corrected chi connectivity index (χ1v) is 6.19. The number of anilines is 1. The normalized spacial score (nSPS) is 11.1. The van der Waals surface area contributed by atoms with E-state index in [1.54, 1.807) is 0 Å². The third-order valence-electron chi connectivity index (χ3n) is 2.12. The smallest absolute Gasteiger partial charge is 0.347 e. The Morgan fingerprint density at radius 3 is 2.40 bits per heavy atom. The zero-order valence-corrected chi connectivity index (χ0v) is 11.4. The summed E-state index contributed by atoms with van der Waals surface area (Å²) in [5, 5.41) is 3.87. The third-order valence-corrected chi connectivity index (χ3v) is 2.55. The van der Waals surface area contributed by atoms with Gasteiger partial charge in [0.05, 0.1) is 11.3 Å². The van der Waals surface area contributed by atoms with Gasteiger partial charge in [-0.25, -0.2) is 0 Å². The van der Waals surface area contributed by atoms with Crippen LogP contribution in [-0.2, 0) is 15.8 Å². The van der Waals surface area contributed by atoms with Gasteiger partial charge in [-0.2, -0.15) is 13.2 Å². The molecule has 0 saturated heterocycles. The molecule has 0 aromatic heterocycles. The van der Waals surface area contributed by atoms with Crippen LogP contribution in [0.5, 0.6) is 0 Å². The van der Waals surface area contributed by atoms with Gasteiger partial charge in [-0.3, -0.25) is 9.59 Å². The van der Waals surface area contributed by atoms with Gasteiger partial charge in [0.15, 0.2) is 0 Å². The zero-order chi connectivity index (χ0) is 15.3. The van der Waals surface area contributed by atoms with Crippen LogP contribution in [0.4, 0.5) is 18.9 Å². The van der Waals surface area contributed by atoms with Crippen molar-refractivity contribution in [3.8, 4) is 0 Å². The number of carbonyl (C=O) groups excluding carboxylic acids is 2. The standard InChI is InChI=1S/C11H9Cl2F3N2O2/c12-3-4-17-9(19)10(20)18-8-2-1-6(13)5-7(8)11(14,15)16/h1-2,5H,3-4H2,(H,17,19)(H,18,20). The number of hydrogen-bond acceptors (Lipinski definition) is 2. The second-order valence-electron chi connectivity index (χ2n) is 3.59. The van der Waals surface area contributed by atoms with Crippen LogP contribution < -0.4 is 10.6 Å². The minimum Gasteiger partial charge on any atom is -0.347 e. The van der Waals surface area contributed by atoms with Crippen molar-refractivity contribution in [3.63, 3.8) is 0 Å². The van der Waals surface area contributed by atoms with Gasteiger partial charge in [0.1, 0.15) is 0 Å². The Bertz CT molecular complexity index is 521. The Balaban J connectivity index is 2.93. The molecule has 1 aromatic carbocycles. The van der Waals surface area contributed by atoms with Gasteiger partial charge in [0.2, 0.25) is 0 Å². The summed E-state index contributed by atoms with van der Waals surface area (Å²) in [7, 11) is 0. The molecule has 0 fully saturated rings. The van der Waals surface area contributed by atoms with Crippen LogP contribution >= 0.6 is 23.2 Å². The van der Waals surface area contributed by atoms with Crippen molar-refractivity contribution >= 4 is 40.7 Å². The molecule has 110 valence electrons. The van der Waals surface area contributed by atoms with Crippen molar-refractivity contribution in [2.75, 3.05) is 17.7 Å². The maximum Gasteiger partial charge on any atom is 0.418 e. The van der Waals surface area contributed by atoms with Crippen molar-refractivity contribution in [1.82, 2.24) is 5.32 Å². The van der Waals surface area contributed by atoms with E-state index < -0.39 is 29.2 Å². The largest absolute Gasteiger partial charge is 0.418 e. The second-order valence-corrected chi connectivity index (χ2v) is 4.40. The summed E-state index contributed by atoms with van der Waals surface area (Å²) < 4.78 is 38.3. The highest BCUT2D eigenvalue weighted by Gasteiger charge is 2.34. The number of halogens is 5. The molecule has 2 N–H and O–H groups in total. The molecule has 0 radical (unpaired) electrons. The van der Waals surface area contributed by atoms with Gasteiger partial charge >= 0.3 is 18.0 Å². The van der Waals surface area contributed by atoms with Crippen LogP contribution in [0.2, 0.25) is 5.02 Å². The van der Waals surface area contributed by atoms with E-state index in [1.165, 1.54) is 6.07 Å². The number of rotatable bonds is 3. The van der Waals surface area contributed by atoms with E-state index in [9.17, 15) is 22.8 Å². The molecule has 20 heavy (non-hydrogen) atoms. The maximum absolute atomic E-state index is 12.8. The molecule has 2 amide bonds. The molecule has 0 atom stereocenters. The molecular weight excluding hydrogens is 320 g/mol. The molecule has 0 bridgehead atoms. The summed E-state index contributed by atoms with van der Waals surface area (Å²) in [4.78, 5) is 22.7. The Morgan fingerprint density at radius 1 is 1.20 bits per heavy atom. The molecule has 0 aliphatic heterocycles. The molecule has 0 unspecified atom stereocenters. The van der Waals surface area contributed by atoms with Crippen molar-refractivity contribution in [3.05, 3.63) is 28.8 Å². The van der Waals surface area contributed by atoms with Gasteiger partial charge in [-0.1, -0.05) is 11.6 Å². The summed E-state index contributed by atoms with van der Waals surface area (Å²) in [6.07, 6.45) is -4.71. The minimum atomic E-state index is -4.71. The van der Waals surface area contributed by atoms with Gasteiger partial charge in [0.25, 0.3) is 0 Å². The highest BCUT2D eigenvalue weighted by Crippen LogP contribution is 2.36. The molecule has 0 aliphatic carbocycles. The van der Waals surface area contributed by atoms with E-state index in [1.807, 2.05) is 5.32 Å². The molecule has 1 rings (SSSR count). The lowest BCUT2D eigenvalue weighted by molar-refractivity contribution is -0.138. The van der Waals surface area contributed by atoms with E-state index >= 15 is 0 Å². The van der Waals surface area contributed by atoms with Crippen LogP contribution in [0.3, 0.4) is 0 Å². The van der Waals surface area contributed by atoms with Gasteiger partial charge < -0.3 is 10.6 Å². The van der Waals surface area contributed by atoms with E-state index in [0.29, 0.717) is 6.07 Å². The number of alkyl halides is 4. The Labute approximate surface area is 122 Å². The van der Waals surface area contributed by atoms with Gasteiger partial charge in [0, 0.05) is 17.4 Å². The molecule has 4 nitrogen and oxygen atoms in total. The minimum absolute atomic E-state index is 0.0283. The average Bonchev–Trinajstić information content (AvgIpc) is 2.36. The number of hydrogen-bond donors (Lipinski definition) is 2. The summed E-state index contributed by atoms with van der Waals surface area (Å²) in [6, 6.07) is 2.80. The lowest BCUT2D eigenvalue weighted by atomic mass is 10.1. The lowest BCUT2D eigenvalue weighted by Gasteiger charge is -2.13. The highest BCUT2D eigenvalue weighted by atomic mass is 35.5. The first-order chi connectivity index (χ1) is 9.25. The van der Waals surface area contributed by atoms with Gasteiger partial charge in [-0.15, -0.1) is 11.6 Å². The molecule has 0 spiro atoms. The van der Waals surface area contributed by atoms with E-state index in [4.69, 9.17) is 23.2 Å². The number of amides is 2. The Hall–Kier alpha value is -1.47. The predicted molar refractivity (Wildman–Crippen MR) is 68.8 cm³/mol. The van der Waals surface area contributed by atoms with Crippen molar-refractivity contribution in [2.45, 2.75) is 6.18 Å². The van der Waals surface area contributed by atoms with Crippen LogP contribution in [0, 0.1) is 0 Å². The fourth-order valence-electron chi connectivity index (χ4n) is 1.28. The molecule has 0 saturated carbocycles. The first kappa shape index (κ1) is 16.6. The van der Waals surface area contributed by atoms with Crippen LogP contribution in [-0.4, -0.2) is 24.2 Å². The highest BCUT2D eigenvalue weighted by molar-refractivity contribution is 6.40. The van der Waals surface area contributed by atoms with E-state index in [-0.39, 0.29) is 17.4 Å². The SMILES string of the molecule is O=C(NCCCl)C(=O)Nc1ccc(Cl)cc1C(F)(F)F. The van der Waals surface area contributed by atoms with Crippen LogP contribution in [0.15, 0.2) is 18.2 Å². The second kappa shape index (κ2) is 6.81. The predicted octanol–water partition coefficient (Wildman–Crippen LogP) is 2.65. The molecule has 9 heteroatoms. The molecule has 0 aliphatic rings. The molecule has 1 aromatic rings. The lowest BCUT2D eigenvalue weighted by Crippen LogP contribution is -2.36. The Morgan fingerprint density at radius 2 is 1.85 bits per heavy atom. The number of benzene rings is 1. The fourth-order valence-corrected chi connectivity index (χ4v) is 1.55. The quantitative estimate of drug-likeness (QED) is 0.662. The van der Waals surface area contributed by atoms with Crippen LogP contribution in [0.1, 0.15) is 5.56 Å². The van der Waals surface area contributed by atoms with Crippen molar-refractivity contribution < 1.29 is 22.8 Å². The van der Waals surface area contributed by atoms with Crippen LogP contribution in [0.25, 0.3) is 0 Å². The maximum atomic E-state index is 12.8. The fraction of sp³-hybridized carbons (Fsp3) is 0.273. The first-order valence-electron chi connectivity index (χ1n) is 5.27. The van der Waals surface area contributed by atoms with E-state index in [2.05, 4.69) is 5.32 Å². The summed E-state index contributed by atoms with van der Waals surface area (Å²) in [6.45, 7) is 0.0283. The van der Waals surface area contributed by atoms with Crippen molar-refractivity contribution in [1.29, 1.82) is 0 Å². The third kappa shape index (κ3) is 4.57. The van der Waals surface area contributed by atoms with Gasteiger partial charge in [-0.05, 0) is 18.2 Å². The van der Waals surface area contributed by atoms with Crippen molar-refractivity contribution in [2.24, 2.45) is 0 Å². The number of nitrogens with one attached hydrogen (secondary N) is 2. The summed E-state index contributed by atoms with van der Waals surface area (Å²) >= 11 is 10.8. The van der Waals surface area contributed by atoms with E-state index in [0.717, 1.165) is 6.07 Å². The number of carbonyl (C=O) groups is 2. The average molecular weight is 329 g/mol. The molecular formula is C11H9Cl2F3N2O2. The topological polar surface area (TPSA) is 58.2 Å². The zero-order valence-electron chi connectivity index (χ0n) is 9.85. The Kier molecular flexibility index (Phi) is 5.64. The summed E-state index contributed by atoms with van der Waals surface area (Å²) in [5.74, 6) is -2.22. The summed E-state index contributed by atoms with van der Waals surface area (Å²) in [5.41, 5.74) is -1.68.